The van der Waals surface area contributed by atoms with Gasteiger partial charge in [-0.2, -0.15) is 0 Å². The Labute approximate surface area is 83.9 Å². The van der Waals surface area contributed by atoms with E-state index in [1.54, 1.807) is 18.2 Å². The maximum Gasteiger partial charge on any atom is 0.311 e. The van der Waals surface area contributed by atoms with Crippen LogP contribution < -0.4 is 10.5 Å². The van der Waals surface area contributed by atoms with Gasteiger partial charge in [0, 0.05) is 12.1 Å². The summed E-state index contributed by atoms with van der Waals surface area (Å²) in [7, 11) is 0. The SMILES string of the molecule is CCCC(=O)Oc1ccc(N)c(C)c1. The number of nitrogens with two attached hydrogens (primary N) is 1. The summed E-state index contributed by atoms with van der Waals surface area (Å²) in [5, 5.41) is 0. The van der Waals surface area contributed by atoms with E-state index in [0.717, 1.165) is 12.0 Å². The lowest BCUT2D eigenvalue weighted by Crippen LogP contribution is -2.07. The van der Waals surface area contributed by atoms with Crippen LogP contribution in [-0.4, -0.2) is 5.97 Å². The molecule has 0 unspecified atom stereocenters. The van der Waals surface area contributed by atoms with Crippen LogP contribution in [0.1, 0.15) is 25.3 Å². The van der Waals surface area contributed by atoms with Gasteiger partial charge in [0.25, 0.3) is 0 Å². The highest BCUT2D eigenvalue weighted by Gasteiger charge is 2.03. The van der Waals surface area contributed by atoms with Gasteiger partial charge < -0.3 is 10.5 Å². The molecule has 0 spiro atoms. The van der Waals surface area contributed by atoms with Gasteiger partial charge >= 0.3 is 5.97 Å². The zero-order valence-corrected chi connectivity index (χ0v) is 8.54. The largest absolute Gasteiger partial charge is 0.427 e. The highest BCUT2D eigenvalue weighted by atomic mass is 16.5. The Morgan fingerprint density at radius 3 is 2.79 bits per heavy atom. The number of hydrogen-bond acceptors (Lipinski definition) is 3. The third kappa shape index (κ3) is 2.76. The van der Waals surface area contributed by atoms with Gasteiger partial charge in [0.2, 0.25) is 0 Å². The van der Waals surface area contributed by atoms with Gasteiger partial charge in [0.15, 0.2) is 0 Å². The lowest BCUT2D eigenvalue weighted by Gasteiger charge is -2.05. The highest BCUT2D eigenvalue weighted by Crippen LogP contribution is 2.18. The van der Waals surface area contributed by atoms with Crippen molar-refractivity contribution < 1.29 is 9.53 Å². The summed E-state index contributed by atoms with van der Waals surface area (Å²) in [6, 6.07) is 5.21. The van der Waals surface area contributed by atoms with E-state index in [1.807, 2.05) is 13.8 Å². The van der Waals surface area contributed by atoms with Gasteiger partial charge in [0.1, 0.15) is 5.75 Å². The van der Waals surface area contributed by atoms with Crippen LogP contribution in [0.3, 0.4) is 0 Å². The lowest BCUT2D eigenvalue weighted by atomic mass is 10.2. The van der Waals surface area contributed by atoms with E-state index in [2.05, 4.69) is 0 Å². The van der Waals surface area contributed by atoms with Gasteiger partial charge in [0.05, 0.1) is 0 Å². The zero-order valence-electron chi connectivity index (χ0n) is 8.54. The quantitative estimate of drug-likeness (QED) is 0.455. The third-order valence-electron chi connectivity index (χ3n) is 1.93. The Hall–Kier alpha value is -1.51. The summed E-state index contributed by atoms with van der Waals surface area (Å²) >= 11 is 0. The fourth-order valence-electron chi connectivity index (χ4n) is 1.10. The average molecular weight is 193 g/mol. The van der Waals surface area contributed by atoms with E-state index in [-0.39, 0.29) is 5.97 Å². The van der Waals surface area contributed by atoms with E-state index in [1.165, 1.54) is 0 Å². The fraction of sp³-hybridized carbons (Fsp3) is 0.364. The molecule has 0 amide bonds. The topological polar surface area (TPSA) is 52.3 Å². The molecule has 1 aromatic rings. The second kappa shape index (κ2) is 4.65. The third-order valence-corrected chi connectivity index (χ3v) is 1.93. The van der Waals surface area contributed by atoms with Crippen LogP contribution in [0.15, 0.2) is 18.2 Å². The Morgan fingerprint density at radius 2 is 2.21 bits per heavy atom. The van der Waals surface area contributed by atoms with Crippen molar-refractivity contribution in [2.45, 2.75) is 26.7 Å². The molecular weight excluding hydrogens is 178 g/mol. The standard InChI is InChI=1S/C11H15NO2/c1-3-4-11(13)14-9-5-6-10(12)8(2)7-9/h5-7H,3-4,12H2,1-2H3. The maximum absolute atomic E-state index is 11.2. The number of rotatable bonds is 3. The van der Waals surface area contributed by atoms with Crippen molar-refractivity contribution in [2.24, 2.45) is 0 Å². The molecule has 0 aliphatic rings. The van der Waals surface area contributed by atoms with E-state index >= 15 is 0 Å². The first-order valence-corrected chi connectivity index (χ1v) is 4.70. The van der Waals surface area contributed by atoms with Gasteiger partial charge in [-0.1, -0.05) is 6.92 Å². The number of carbonyl (C=O) groups excluding carboxylic acids is 1. The maximum atomic E-state index is 11.2. The van der Waals surface area contributed by atoms with Gasteiger partial charge in [-0.05, 0) is 37.1 Å². The normalized spacial score (nSPS) is 9.86. The Morgan fingerprint density at radius 1 is 1.50 bits per heavy atom. The van der Waals surface area contributed by atoms with Crippen molar-refractivity contribution in [1.82, 2.24) is 0 Å². The van der Waals surface area contributed by atoms with Crippen molar-refractivity contribution in [2.75, 3.05) is 5.73 Å². The molecule has 0 saturated heterocycles. The summed E-state index contributed by atoms with van der Waals surface area (Å²) in [4.78, 5) is 11.2. The molecule has 76 valence electrons. The number of ether oxygens (including phenoxy) is 1. The van der Waals surface area contributed by atoms with Crippen LogP contribution in [0.25, 0.3) is 0 Å². The molecule has 0 aromatic heterocycles. The number of carbonyl (C=O) groups is 1. The second-order valence-corrected chi connectivity index (χ2v) is 3.24. The predicted octanol–water partition coefficient (Wildman–Crippen LogP) is 2.28. The fourth-order valence-corrected chi connectivity index (χ4v) is 1.10. The number of nitrogen functional groups attached to an aromatic ring is 1. The lowest BCUT2D eigenvalue weighted by molar-refractivity contribution is -0.134. The minimum Gasteiger partial charge on any atom is -0.427 e. The molecular formula is C11H15NO2. The molecule has 3 heteroatoms. The van der Waals surface area contributed by atoms with E-state index < -0.39 is 0 Å². The summed E-state index contributed by atoms with van der Waals surface area (Å²) in [5.74, 6) is 0.367. The number of anilines is 1. The van der Waals surface area contributed by atoms with Crippen LogP contribution in [0.2, 0.25) is 0 Å². The second-order valence-electron chi connectivity index (χ2n) is 3.24. The van der Waals surface area contributed by atoms with E-state index in [4.69, 9.17) is 10.5 Å². The molecule has 0 aliphatic heterocycles. The van der Waals surface area contributed by atoms with Crippen LogP contribution in [-0.2, 0) is 4.79 Å². The van der Waals surface area contributed by atoms with Crippen LogP contribution in [0.5, 0.6) is 5.75 Å². The zero-order chi connectivity index (χ0) is 10.6. The first kappa shape index (κ1) is 10.6. The monoisotopic (exact) mass is 193 g/mol. The van der Waals surface area contributed by atoms with Crippen LogP contribution in [0, 0.1) is 6.92 Å². The minimum atomic E-state index is -0.198. The number of aryl methyl sites for hydroxylation is 1. The van der Waals surface area contributed by atoms with Gasteiger partial charge in [-0.3, -0.25) is 4.79 Å². The molecule has 0 aliphatic carbocycles. The molecule has 1 rings (SSSR count). The van der Waals surface area contributed by atoms with Crippen molar-refractivity contribution in [1.29, 1.82) is 0 Å². The molecule has 3 nitrogen and oxygen atoms in total. The predicted molar refractivity (Wildman–Crippen MR) is 56.1 cm³/mol. The summed E-state index contributed by atoms with van der Waals surface area (Å²) < 4.78 is 5.10. The minimum absolute atomic E-state index is 0.198. The number of hydrogen-bond donors (Lipinski definition) is 1. The first-order chi connectivity index (χ1) is 6.63. The summed E-state index contributed by atoms with van der Waals surface area (Å²) in [5.41, 5.74) is 7.27. The molecule has 0 bridgehead atoms. The summed E-state index contributed by atoms with van der Waals surface area (Å²) in [6.45, 7) is 3.82. The molecule has 0 fully saturated rings. The average Bonchev–Trinajstić information content (AvgIpc) is 2.12. The molecule has 0 radical (unpaired) electrons. The highest BCUT2D eigenvalue weighted by molar-refractivity contribution is 5.72. The van der Waals surface area contributed by atoms with Gasteiger partial charge in [-0.15, -0.1) is 0 Å². The molecule has 0 saturated carbocycles. The smallest absolute Gasteiger partial charge is 0.311 e. The van der Waals surface area contributed by atoms with Crippen molar-refractivity contribution in [3.05, 3.63) is 23.8 Å². The van der Waals surface area contributed by atoms with Crippen molar-refractivity contribution in [3.8, 4) is 5.75 Å². The number of benzene rings is 1. The molecule has 14 heavy (non-hydrogen) atoms. The molecule has 0 heterocycles. The summed E-state index contributed by atoms with van der Waals surface area (Å²) in [6.07, 6.45) is 1.25. The van der Waals surface area contributed by atoms with Crippen LogP contribution in [0.4, 0.5) is 5.69 Å². The van der Waals surface area contributed by atoms with E-state index in [9.17, 15) is 4.79 Å². The van der Waals surface area contributed by atoms with Gasteiger partial charge in [-0.25, -0.2) is 0 Å². The Kier molecular flexibility index (Phi) is 3.51. The van der Waals surface area contributed by atoms with Crippen molar-refractivity contribution >= 4 is 11.7 Å². The number of esters is 1. The van der Waals surface area contributed by atoms with Crippen LogP contribution >= 0.6 is 0 Å². The molecule has 0 atom stereocenters. The molecule has 2 N–H and O–H groups in total. The first-order valence-electron chi connectivity index (χ1n) is 4.70. The Balaban J connectivity index is 2.68. The molecule has 1 aromatic carbocycles. The Bertz CT molecular complexity index is 334. The van der Waals surface area contributed by atoms with Crippen molar-refractivity contribution in [3.63, 3.8) is 0 Å². The van der Waals surface area contributed by atoms with E-state index in [0.29, 0.717) is 17.9 Å².